The summed E-state index contributed by atoms with van der Waals surface area (Å²) in [7, 11) is -1.92. The van der Waals surface area contributed by atoms with Crippen molar-refractivity contribution in [1.29, 1.82) is 0 Å². The lowest BCUT2D eigenvalue weighted by Crippen LogP contribution is -2.50. The fourth-order valence-corrected chi connectivity index (χ4v) is 3.92. The van der Waals surface area contributed by atoms with Crippen LogP contribution in [0.1, 0.15) is 5.56 Å². The number of nitrogens with zero attached hydrogens (tertiary/aromatic N) is 2. The molecule has 0 saturated carbocycles. The van der Waals surface area contributed by atoms with E-state index in [-0.39, 0.29) is 12.5 Å². The third-order valence-electron chi connectivity index (χ3n) is 4.11. The third-order valence-corrected chi connectivity index (χ3v) is 5.49. The second-order valence-electron chi connectivity index (χ2n) is 6.19. The molecule has 0 saturated heterocycles. The molecule has 0 bridgehead atoms. The van der Waals surface area contributed by atoms with E-state index in [0.29, 0.717) is 23.0 Å². The van der Waals surface area contributed by atoms with E-state index >= 15 is 0 Å². The molecular formula is C18H19ClN2O4S. The van der Waals surface area contributed by atoms with Gasteiger partial charge in [-0.2, -0.15) is 0 Å². The summed E-state index contributed by atoms with van der Waals surface area (Å²) >= 11 is 5.98. The lowest BCUT2D eigenvalue weighted by Gasteiger charge is -2.35. The second-order valence-corrected chi connectivity index (χ2v) is 8.54. The lowest BCUT2D eigenvalue weighted by atomic mass is 10.2. The van der Waals surface area contributed by atoms with Crippen molar-refractivity contribution in [1.82, 2.24) is 4.90 Å². The van der Waals surface area contributed by atoms with Crippen molar-refractivity contribution in [3.63, 3.8) is 0 Å². The van der Waals surface area contributed by atoms with Gasteiger partial charge >= 0.3 is 0 Å². The minimum atomic E-state index is -3.58. The van der Waals surface area contributed by atoms with Gasteiger partial charge in [0, 0.05) is 18.6 Å². The first-order valence-electron chi connectivity index (χ1n) is 7.98. The van der Waals surface area contributed by atoms with E-state index < -0.39 is 16.1 Å². The molecule has 1 atom stereocenters. The molecule has 0 fully saturated rings. The fraction of sp³-hybridized carbons (Fsp3) is 0.278. The number of rotatable bonds is 4. The van der Waals surface area contributed by atoms with Crippen molar-refractivity contribution in [2.75, 3.05) is 24.2 Å². The van der Waals surface area contributed by atoms with E-state index in [1.54, 1.807) is 19.2 Å². The Morgan fingerprint density at radius 2 is 1.96 bits per heavy atom. The van der Waals surface area contributed by atoms with Crippen LogP contribution in [0, 0.1) is 0 Å². The van der Waals surface area contributed by atoms with Crippen LogP contribution in [0.4, 0.5) is 5.69 Å². The molecule has 0 radical (unpaired) electrons. The summed E-state index contributed by atoms with van der Waals surface area (Å²) in [6.45, 7) is 0.315. The van der Waals surface area contributed by atoms with Crippen LogP contribution >= 0.6 is 11.6 Å². The number of halogens is 1. The predicted octanol–water partition coefficient (Wildman–Crippen LogP) is 2.53. The van der Waals surface area contributed by atoms with Crippen molar-refractivity contribution >= 4 is 33.2 Å². The van der Waals surface area contributed by atoms with E-state index in [4.69, 9.17) is 16.3 Å². The van der Waals surface area contributed by atoms with Crippen LogP contribution in [-0.2, 0) is 21.4 Å². The number of ether oxygens (including phenoxy) is 1. The number of carbonyl (C=O) groups excluding carboxylic acids is 1. The molecule has 1 aliphatic rings. The summed E-state index contributed by atoms with van der Waals surface area (Å²) in [5.41, 5.74) is 1.32. The molecule has 26 heavy (non-hydrogen) atoms. The first-order chi connectivity index (χ1) is 12.3. The van der Waals surface area contributed by atoms with Crippen LogP contribution in [0.3, 0.4) is 0 Å². The lowest BCUT2D eigenvalue weighted by molar-refractivity contribution is -0.137. The largest absolute Gasteiger partial charge is 0.476 e. The maximum Gasteiger partial charge on any atom is 0.265 e. The van der Waals surface area contributed by atoms with Crippen molar-refractivity contribution in [2.24, 2.45) is 0 Å². The van der Waals surface area contributed by atoms with Gasteiger partial charge in [0.2, 0.25) is 10.0 Å². The standard InChI is InChI=1S/C18H19ClN2O4S/c1-20(11-13-6-4-3-5-7-13)18(22)17-12-21(26(2,23)24)15-10-14(19)8-9-16(15)25-17/h3-10,17H,11-12H2,1-2H3/t17-/m0/s1. The molecule has 0 spiro atoms. The smallest absolute Gasteiger partial charge is 0.265 e. The highest BCUT2D eigenvalue weighted by Gasteiger charge is 2.36. The van der Waals surface area contributed by atoms with Gasteiger partial charge in [0.25, 0.3) is 5.91 Å². The SMILES string of the molecule is CN(Cc1ccccc1)C(=O)[C@@H]1CN(S(C)(=O)=O)c2cc(Cl)ccc2O1. The Labute approximate surface area is 158 Å². The number of hydrogen-bond acceptors (Lipinski definition) is 4. The monoisotopic (exact) mass is 394 g/mol. The zero-order valence-corrected chi connectivity index (χ0v) is 16.0. The van der Waals surface area contributed by atoms with E-state index in [1.807, 2.05) is 30.3 Å². The molecule has 0 unspecified atom stereocenters. The molecule has 138 valence electrons. The molecule has 2 aromatic rings. The van der Waals surface area contributed by atoms with Gasteiger partial charge in [-0.3, -0.25) is 9.10 Å². The Morgan fingerprint density at radius 1 is 1.27 bits per heavy atom. The molecule has 0 aromatic heterocycles. The number of benzene rings is 2. The van der Waals surface area contributed by atoms with Gasteiger partial charge in [-0.05, 0) is 23.8 Å². The van der Waals surface area contributed by atoms with Gasteiger partial charge in [0.05, 0.1) is 18.5 Å². The number of amides is 1. The molecule has 1 aliphatic heterocycles. The summed E-state index contributed by atoms with van der Waals surface area (Å²) in [4.78, 5) is 14.3. The van der Waals surface area contributed by atoms with Crippen LogP contribution in [0.5, 0.6) is 5.75 Å². The minimum Gasteiger partial charge on any atom is -0.476 e. The fourth-order valence-electron chi connectivity index (χ4n) is 2.85. The zero-order valence-electron chi connectivity index (χ0n) is 14.4. The Morgan fingerprint density at radius 3 is 2.62 bits per heavy atom. The maximum absolute atomic E-state index is 12.8. The van der Waals surface area contributed by atoms with Crippen molar-refractivity contribution in [3.05, 3.63) is 59.1 Å². The normalized spacial score (nSPS) is 16.6. The van der Waals surface area contributed by atoms with E-state index in [2.05, 4.69) is 0 Å². The molecule has 0 N–H and O–H groups in total. The van der Waals surface area contributed by atoms with Gasteiger partial charge in [0.15, 0.2) is 6.10 Å². The topological polar surface area (TPSA) is 66.9 Å². The summed E-state index contributed by atoms with van der Waals surface area (Å²) in [5, 5.41) is 0.395. The molecule has 1 heterocycles. The number of sulfonamides is 1. The Bertz CT molecular complexity index is 918. The molecule has 8 heteroatoms. The number of anilines is 1. The zero-order chi connectivity index (χ0) is 18.9. The number of fused-ring (bicyclic) bond motifs is 1. The summed E-state index contributed by atoms with van der Waals surface area (Å²) in [5.74, 6) is 0.0284. The van der Waals surface area contributed by atoms with Gasteiger partial charge in [0.1, 0.15) is 5.75 Å². The highest BCUT2D eigenvalue weighted by atomic mass is 35.5. The highest BCUT2D eigenvalue weighted by molar-refractivity contribution is 7.92. The first kappa shape index (κ1) is 18.5. The number of likely N-dealkylation sites (N-methyl/N-ethyl adjacent to an activating group) is 1. The van der Waals surface area contributed by atoms with Gasteiger partial charge in [-0.25, -0.2) is 8.42 Å². The molecular weight excluding hydrogens is 376 g/mol. The van der Waals surface area contributed by atoms with Crippen LogP contribution in [-0.4, -0.2) is 45.2 Å². The number of hydrogen-bond donors (Lipinski definition) is 0. The van der Waals surface area contributed by atoms with E-state index in [9.17, 15) is 13.2 Å². The van der Waals surface area contributed by atoms with Crippen LogP contribution in [0.15, 0.2) is 48.5 Å². The van der Waals surface area contributed by atoms with Gasteiger partial charge < -0.3 is 9.64 Å². The Hall–Kier alpha value is -2.25. The molecule has 3 rings (SSSR count). The predicted molar refractivity (Wildman–Crippen MR) is 101 cm³/mol. The molecule has 1 amide bonds. The quantitative estimate of drug-likeness (QED) is 0.799. The average molecular weight is 395 g/mol. The molecule has 2 aromatic carbocycles. The van der Waals surface area contributed by atoms with Crippen molar-refractivity contribution in [2.45, 2.75) is 12.6 Å². The van der Waals surface area contributed by atoms with Crippen LogP contribution < -0.4 is 9.04 Å². The highest BCUT2D eigenvalue weighted by Crippen LogP contribution is 2.37. The summed E-state index contributed by atoms with van der Waals surface area (Å²) < 4.78 is 31.3. The summed E-state index contributed by atoms with van der Waals surface area (Å²) in [6.07, 6.45) is 0.171. The molecule has 6 nitrogen and oxygen atoms in total. The maximum atomic E-state index is 12.8. The third kappa shape index (κ3) is 3.94. The summed E-state index contributed by atoms with van der Waals surface area (Å²) in [6, 6.07) is 14.2. The molecule has 0 aliphatic carbocycles. The van der Waals surface area contributed by atoms with E-state index in [1.165, 1.54) is 11.0 Å². The Balaban J connectivity index is 1.85. The van der Waals surface area contributed by atoms with Gasteiger partial charge in [-0.1, -0.05) is 41.9 Å². The second kappa shape index (κ2) is 7.17. The van der Waals surface area contributed by atoms with E-state index in [0.717, 1.165) is 16.1 Å². The minimum absolute atomic E-state index is 0.0931. The van der Waals surface area contributed by atoms with Crippen LogP contribution in [0.25, 0.3) is 0 Å². The van der Waals surface area contributed by atoms with Crippen molar-refractivity contribution in [3.8, 4) is 5.75 Å². The average Bonchev–Trinajstić information content (AvgIpc) is 2.60. The first-order valence-corrected chi connectivity index (χ1v) is 10.2. The Kier molecular flexibility index (Phi) is 5.11. The van der Waals surface area contributed by atoms with Crippen molar-refractivity contribution < 1.29 is 17.9 Å². The van der Waals surface area contributed by atoms with Gasteiger partial charge in [-0.15, -0.1) is 0 Å². The number of carbonyl (C=O) groups is 1. The van der Waals surface area contributed by atoms with Crippen LogP contribution in [0.2, 0.25) is 5.02 Å².